The number of nitrogens with zero attached hydrogens (tertiary/aromatic N) is 1. The predicted molar refractivity (Wildman–Crippen MR) is 101 cm³/mol. The summed E-state index contributed by atoms with van der Waals surface area (Å²) in [5.74, 6) is 1.45. The van der Waals surface area contributed by atoms with Crippen molar-refractivity contribution in [2.24, 2.45) is 0 Å². The third-order valence-electron chi connectivity index (χ3n) is 4.29. The number of aromatic nitrogens is 1. The van der Waals surface area contributed by atoms with Crippen molar-refractivity contribution in [2.75, 3.05) is 0 Å². The molecule has 0 radical (unpaired) electrons. The largest absolute Gasteiger partial charge is 0.490 e. The summed E-state index contributed by atoms with van der Waals surface area (Å²) in [6, 6.07) is 15.1. The van der Waals surface area contributed by atoms with Crippen molar-refractivity contribution in [3.63, 3.8) is 0 Å². The quantitative estimate of drug-likeness (QED) is 0.691. The topological polar surface area (TPSA) is 64.4 Å². The number of nitrogens with one attached hydrogen (secondary N) is 1. The van der Waals surface area contributed by atoms with Crippen LogP contribution in [0.25, 0.3) is 11.3 Å². The maximum absolute atomic E-state index is 12.3. The van der Waals surface area contributed by atoms with Crippen molar-refractivity contribution in [1.29, 1.82) is 0 Å². The Hall–Kier alpha value is -2.60. The number of ether oxygens (including phenoxy) is 1. The van der Waals surface area contributed by atoms with Gasteiger partial charge in [-0.3, -0.25) is 4.79 Å². The summed E-state index contributed by atoms with van der Waals surface area (Å²) in [5, 5.41) is 6.91. The van der Waals surface area contributed by atoms with Crippen LogP contribution in [0.3, 0.4) is 0 Å². The molecule has 0 fully saturated rings. The molecule has 1 atom stereocenters. The van der Waals surface area contributed by atoms with Gasteiger partial charge in [0.1, 0.15) is 17.5 Å². The van der Waals surface area contributed by atoms with Gasteiger partial charge in [-0.25, -0.2) is 0 Å². The van der Waals surface area contributed by atoms with Crippen LogP contribution in [0.4, 0.5) is 0 Å². The molecule has 5 nitrogen and oxygen atoms in total. The van der Waals surface area contributed by atoms with Gasteiger partial charge in [0.25, 0.3) is 5.91 Å². The average Bonchev–Trinajstić information content (AvgIpc) is 3.24. The Bertz CT molecular complexity index is 967. The van der Waals surface area contributed by atoms with E-state index >= 15 is 0 Å². The number of amides is 1. The second-order valence-corrected chi connectivity index (χ2v) is 7.15. The summed E-state index contributed by atoms with van der Waals surface area (Å²) in [5.41, 5.74) is 3.39. The molecule has 2 aromatic carbocycles. The molecule has 132 valence electrons. The normalized spacial score (nSPS) is 15.4. The van der Waals surface area contributed by atoms with Crippen molar-refractivity contribution in [1.82, 2.24) is 10.5 Å². The number of halogens is 1. The van der Waals surface area contributed by atoms with E-state index in [0.29, 0.717) is 23.6 Å². The van der Waals surface area contributed by atoms with Crippen LogP contribution >= 0.6 is 15.9 Å². The summed E-state index contributed by atoms with van der Waals surface area (Å²) >= 11 is 3.38. The maximum atomic E-state index is 12.3. The van der Waals surface area contributed by atoms with Crippen LogP contribution < -0.4 is 10.1 Å². The van der Waals surface area contributed by atoms with E-state index in [1.165, 1.54) is 5.56 Å². The minimum atomic E-state index is -0.161. The standard InChI is InChI=1S/C20H17BrN2O3/c1-12-8-14-9-13(6-7-18(14)25-12)19-10-15(23-26-19)11-22-20(24)16-4-2-3-5-17(16)21/h2-7,9-10,12H,8,11H2,1H3,(H,22,24)/t12-/m1/s1. The number of carbonyl (C=O) groups excluding carboxylic acids is 1. The van der Waals surface area contributed by atoms with E-state index < -0.39 is 0 Å². The lowest BCUT2D eigenvalue weighted by molar-refractivity contribution is 0.0949. The van der Waals surface area contributed by atoms with E-state index in [9.17, 15) is 4.79 Å². The summed E-state index contributed by atoms with van der Waals surface area (Å²) in [6.45, 7) is 2.36. The number of fused-ring (bicyclic) bond motifs is 1. The van der Waals surface area contributed by atoms with Gasteiger partial charge in [0, 0.05) is 22.5 Å². The van der Waals surface area contributed by atoms with Crippen molar-refractivity contribution < 1.29 is 14.1 Å². The third-order valence-corrected chi connectivity index (χ3v) is 4.98. The second-order valence-electron chi connectivity index (χ2n) is 6.30. The number of hydrogen-bond acceptors (Lipinski definition) is 4. The number of carbonyl (C=O) groups is 1. The summed E-state index contributed by atoms with van der Waals surface area (Å²) < 4.78 is 11.9. The predicted octanol–water partition coefficient (Wildman–Crippen LogP) is 4.36. The first kappa shape index (κ1) is 16.8. The van der Waals surface area contributed by atoms with Gasteiger partial charge in [-0.1, -0.05) is 17.3 Å². The Kier molecular flexibility index (Phi) is 4.51. The molecule has 0 aliphatic carbocycles. The molecule has 0 unspecified atom stereocenters. The van der Waals surface area contributed by atoms with E-state index in [2.05, 4.69) is 39.4 Å². The van der Waals surface area contributed by atoms with Crippen molar-refractivity contribution in [2.45, 2.75) is 26.0 Å². The molecule has 1 N–H and O–H groups in total. The fourth-order valence-electron chi connectivity index (χ4n) is 3.02. The van der Waals surface area contributed by atoms with Crippen LogP contribution in [0, 0.1) is 0 Å². The lowest BCUT2D eigenvalue weighted by Crippen LogP contribution is -2.23. The Morgan fingerprint density at radius 1 is 1.27 bits per heavy atom. The average molecular weight is 413 g/mol. The zero-order valence-corrected chi connectivity index (χ0v) is 15.7. The molecule has 1 amide bonds. The van der Waals surface area contributed by atoms with E-state index in [0.717, 1.165) is 22.2 Å². The van der Waals surface area contributed by atoms with E-state index in [-0.39, 0.29) is 12.0 Å². The molecule has 1 aromatic heterocycles. The highest BCUT2D eigenvalue weighted by Gasteiger charge is 2.20. The van der Waals surface area contributed by atoms with Crippen LogP contribution in [0.15, 0.2) is 57.5 Å². The molecule has 1 aliphatic heterocycles. The van der Waals surface area contributed by atoms with Gasteiger partial charge >= 0.3 is 0 Å². The highest BCUT2D eigenvalue weighted by atomic mass is 79.9. The van der Waals surface area contributed by atoms with Gasteiger partial charge in [-0.05, 0) is 58.7 Å². The van der Waals surface area contributed by atoms with E-state index in [1.807, 2.05) is 36.4 Å². The molecular formula is C20H17BrN2O3. The van der Waals surface area contributed by atoms with E-state index in [1.54, 1.807) is 6.07 Å². The SMILES string of the molecule is C[C@@H]1Cc2cc(-c3cc(CNC(=O)c4ccccc4Br)no3)ccc2O1. The molecule has 0 spiro atoms. The lowest BCUT2D eigenvalue weighted by atomic mass is 10.1. The Morgan fingerprint density at radius 3 is 2.96 bits per heavy atom. The van der Waals surface area contributed by atoms with Crippen LogP contribution in [0.1, 0.15) is 28.5 Å². The van der Waals surface area contributed by atoms with Gasteiger partial charge in [0.05, 0.1) is 12.1 Å². The molecular weight excluding hydrogens is 396 g/mol. The van der Waals surface area contributed by atoms with Crippen LogP contribution in [0.5, 0.6) is 5.75 Å². The van der Waals surface area contributed by atoms with Crippen LogP contribution in [-0.4, -0.2) is 17.2 Å². The second kappa shape index (κ2) is 6.96. The molecule has 0 saturated carbocycles. The van der Waals surface area contributed by atoms with Gasteiger partial charge in [0.15, 0.2) is 5.76 Å². The fourth-order valence-corrected chi connectivity index (χ4v) is 3.48. The van der Waals surface area contributed by atoms with E-state index in [4.69, 9.17) is 9.26 Å². The Balaban J connectivity index is 1.45. The zero-order chi connectivity index (χ0) is 18.1. The van der Waals surface area contributed by atoms with Gasteiger partial charge < -0.3 is 14.6 Å². The first-order valence-corrected chi connectivity index (χ1v) is 9.18. The first-order valence-electron chi connectivity index (χ1n) is 8.38. The Labute approximate surface area is 159 Å². The molecule has 1 aliphatic rings. The Morgan fingerprint density at radius 2 is 2.12 bits per heavy atom. The monoisotopic (exact) mass is 412 g/mol. The molecule has 6 heteroatoms. The minimum Gasteiger partial charge on any atom is -0.490 e. The maximum Gasteiger partial charge on any atom is 0.252 e. The molecule has 0 saturated heterocycles. The summed E-state index contributed by atoms with van der Waals surface area (Å²) in [6.07, 6.45) is 1.10. The first-order chi connectivity index (χ1) is 12.6. The number of benzene rings is 2. The molecule has 26 heavy (non-hydrogen) atoms. The highest BCUT2D eigenvalue weighted by Crippen LogP contribution is 2.33. The lowest BCUT2D eigenvalue weighted by Gasteiger charge is -2.04. The van der Waals surface area contributed by atoms with Crippen molar-refractivity contribution >= 4 is 21.8 Å². The van der Waals surface area contributed by atoms with Crippen molar-refractivity contribution in [3.05, 3.63) is 69.8 Å². The third kappa shape index (κ3) is 3.37. The summed E-state index contributed by atoms with van der Waals surface area (Å²) in [4.78, 5) is 12.3. The van der Waals surface area contributed by atoms with Gasteiger partial charge in [-0.15, -0.1) is 0 Å². The van der Waals surface area contributed by atoms with Crippen LogP contribution in [0.2, 0.25) is 0 Å². The highest BCUT2D eigenvalue weighted by molar-refractivity contribution is 9.10. The molecule has 2 heterocycles. The fraction of sp³-hybridized carbons (Fsp3) is 0.200. The zero-order valence-electron chi connectivity index (χ0n) is 14.2. The molecule has 4 rings (SSSR count). The minimum absolute atomic E-state index is 0.161. The smallest absolute Gasteiger partial charge is 0.252 e. The molecule has 0 bridgehead atoms. The van der Waals surface area contributed by atoms with Gasteiger partial charge in [0.2, 0.25) is 0 Å². The van der Waals surface area contributed by atoms with Crippen molar-refractivity contribution in [3.8, 4) is 17.1 Å². The van der Waals surface area contributed by atoms with Crippen LogP contribution in [-0.2, 0) is 13.0 Å². The number of hydrogen-bond donors (Lipinski definition) is 1. The molecule has 3 aromatic rings. The number of rotatable bonds is 4. The summed E-state index contributed by atoms with van der Waals surface area (Å²) in [7, 11) is 0. The van der Waals surface area contributed by atoms with Gasteiger partial charge in [-0.2, -0.15) is 0 Å².